The second kappa shape index (κ2) is 10.1. The van der Waals surface area contributed by atoms with Gasteiger partial charge in [-0.2, -0.15) is 0 Å². The van der Waals surface area contributed by atoms with Gasteiger partial charge < -0.3 is 20.3 Å². The highest BCUT2D eigenvalue weighted by Crippen LogP contribution is 2.10. The van der Waals surface area contributed by atoms with Crippen molar-refractivity contribution >= 4 is 5.96 Å². The van der Waals surface area contributed by atoms with Crippen molar-refractivity contribution in [1.82, 2.24) is 15.5 Å². The number of rotatable bonds is 7. The lowest BCUT2D eigenvalue weighted by atomic mass is 10.1. The van der Waals surface area contributed by atoms with Crippen LogP contribution in [0.3, 0.4) is 0 Å². The van der Waals surface area contributed by atoms with Crippen LogP contribution in [-0.4, -0.2) is 56.7 Å². The number of nitrogens with one attached hydrogen (secondary N) is 2. The summed E-state index contributed by atoms with van der Waals surface area (Å²) in [5.74, 6) is 1.77. The summed E-state index contributed by atoms with van der Waals surface area (Å²) in [7, 11) is 1.82. The minimum absolute atomic E-state index is 0.518. The third kappa shape index (κ3) is 6.48. The van der Waals surface area contributed by atoms with Crippen LogP contribution in [0.1, 0.15) is 26.2 Å². The maximum Gasteiger partial charge on any atom is 0.191 e. The van der Waals surface area contributed by atoms with Gasteiger partial charge in [-0.25, -0.2) is 0 Å². The van der Waals surface area contributed by atoms with Crippen LogP contribution in [0.4, 0.5) is 0 Å². The lowest BCUT2D eigenvalue weighted by molar-refractivity contribution is 0.206. The van der Waals surface area contributed by atoms with E-state index in [0.717, 1.165) is 18.3 Å². The number of ether oxygens (including phenoxy) is 1. The van der Waals surface area contributed by atoms with Gasteiger partial charge >= 0.3 is 0 Å². The zero-order valence-electron chi connectivity index (χ0n) is 14.4. The minimum Gasteiger partial charge on any atom is -0.492 e. The number of hydrogen-bond donors (Lipinski definition) is 2. The fourth-order valence-electron chi connectivity index (χ4n) is 2.86. The summed E-state index contributed by atoms with van der Waals surface area (Å²) in [5, 5.41) is 6.85. The molecule has 5 heteroatoms. The van der Waals surface area contributed by atoms with Crippen LogP contribution >= 0.6 is 0 Å². The molecule has 2 N–H and O–H groups in total. The van der Waals surface area contributed by atoms with E-state index in [1.54, 1.807) is 0 Å². The Labute approximate surface area is 140 Å². The van der Waals surface area contributed by atoms with E-state index in [9.17, 15) is 0 Å². The van der Waals surface area contributed by atoms with E-state index < -0.39 is 0 Å². The minimum atomic E-state index is 0.518. The van der Waals surface area contributed by atoms with Crippen molar-refractivity contribution < 1.29 is 4.74 Å². The molecule has 0 bridgehead atoms. The summed E-state index contributed by atoms with van der Waals surface area (Å²) in [6.45, 7) is 7.19. The third-order valence-electron chi connectivity index (χ3n) is 4.10. The van der Waals surface area contributed by atoms with Gasteiger partial charge in [0.2, 0.25) is 0 Å². The second-order valence-electron chi connectivity index (χ2n) is 5.92. The SMILES string of the molecule is CCCN1CCC(NC(=NC)NCCOc2ccccc2)CC1. The number of hydrogen-bond acceptors (Lipinski definition) is 3. The van der Waals surface area contributed by atoms with Crippen LogP contribution in [-0.2, 0) is 0 Å². The summed E-state index contributed by atoms with van der Waals surface area (Å²) in [5.41, 5.74) is 0. The summed E-state index contributed by atoms with van der Waals surface area (Å²) in [4.78, 5) is 6.85. The average molecular weight is 318 g/mol. The standard InChI is InChI=1S/C18H30N4O/c1-3-12-22-13-9-16(10-14-22)21-18(19-2)20-11-15-23-17-7-5-4-6-8-17/h4-8,16H,3,9-15H2,1-2H3,(H2,19,20,21). The normalized spacial score (nSPS) is 17.0. The molecule has 1 saturated heterocycles. The Morgan fingerprint density at radius 3 is 2.65 bits per heavy atom. The molecule has 1 aromatic carbocycles. The summed E-state index contributed by atoms with van der Waals surface area (Å²) in [6, 6.07) is 10.4. The van der Waals surface area contributed by atoms with Crippen LogP contribution in [0, 0.1) is 0 Å². The first-order valence-corrected chi connectivity index (χ1v) is 8.69. The molecule has 0 radical (unpaired) electrons. The van der Waals surface area contributed by atoms with Gasteiger partial charge in [0.1, 0.15) is 12.4 Å². The van der Waals surface area contributed by atoms with Crippen LogP contribution in [0.2, 0.25) is 0 Å². The van der Waals surface area contributed by atoms with Gasteiger partial charge in [-0.3, -0.25) is 4.99 Å². The van der Waals surface area contributed by atoms with Gasteiger partial charge in [0, 0.05) is 26.2 Å². The average Bonchev–Trinajstić information content (AvgIpc) is 2.60. The van der Waals surface area contributed by atoms with E-state index >= 15 is 0 Å². The molecule has 0 unspecified atom stereocenters. The van der Waals surface area contributed by atoms with Crippen molar-refractivity contribution in [2.24, 2.45) is 4.99 Å². The quantitative estimate of drug-likeness (QED) is 0.459. The molecular formula is C18H30N4O. The van der Waals surface area contributed by atoms with Crippen molar-refractivity contribution in [3.8, 4) is 5.75 Å². The van der Waals surface area contributed by atoms with Crippen molar-refractivity contribution in [2.75, 3.05) is 39.8 Å². The van der Waals surface area contributed by atoms with Crippen LogP contribution in [0.25, 0.3) is 0 Å². The lowest BCUT2D eigenvalue weighted by Gasteiger charge is -2.32. The number of piperidine rings is 1. The Bertz CT molecular complexity index is 455. The molecule has 1 aliphatic rings. The molecule has 23 heavy (non-hydrogen) atoms. The molecule has 0 atom stereocenters. The molecule has 2 rings (SSSR count). The molecule has 1 fully saturated rings. The van der Waals surface area contributed by atoms with Gasteiger partial charge in [0.05, 0.1) is 6.54 Å². The molecule has 0 saturated carbocycles. The maximum absolute atomic E-state index is 5.68. The van der Waals surface area contributed by atoms with Gasteiger partial charge in [-0.1, -0.05) is 25.1 Å². The van der Waals surface area contributed by atoms with E-state index in [4.69, 9.17) is 4.74 Å². The zero-order chi connectivity index (χ0) is 16.3. The molecule has 5 nitrogen and oxygen atoms in total. The molecule has 1 aromatic rings. The first-order chi connectivity index (χ1) is 11.3. The smallest absolute Gasteiger partial charge is 0.191 e. The fourth-order valence-corrected chi connectivity index (χ4v) is 2.86. The Morgan fingerprint density at radius 2 is 2.00 bits per heavy atom. The number of para-hydroxylation sites is 1. The van der Waals surface area contributed by atoms with Gasteiger partial charge in [0.25, 0.3) is 0 Å². The Morgan fingerprint density at radius 1 is 1.26 bits per heavy atom. The summed E-state index contributed by atoms with van der Waals surface area (Å²) in [6.07, 6.45) is 3.60. The first-order valence-electron chi connectivity index (χ1n) is 8.69. The zero-order valence-corrected chi connectivity index (χ0v) is 14.4. The highest BCUT2D eigenvalue weighted by atomic mass is 16.5. The van der Waals surface area contributed by atoms with E-state index in [1.807, 2.05) is 37.4 Å². The lowest BCUT2D eigenvalue weighted by Crippen LogP contribution is -2.49. The van der Waals surface area contributed by atoms with Crippen molar-refractivity contribution in [2.45, 2.75) is 32.2 Å². The number of guanidine groups is 1. The van der Waals surface area contributed by atoms with Crippen molar-refractivity contribution in [1.29, 1.82) is 0 Å². The molecule has 0 spiro atoms. The highest BCUT2D eigenvalue weighted by Gasteiger charge is 2.19. The highest BCUT2D eigenvalue weighted by molar-refractivity contribution is 5.79. The molecule has 0 aliphatic carbocycles. The third-order valence-corrected chi connectivity index (χ3v) is 4.10. The Hall–Kier alpha value is -1.75. The fraction of sp³-hybridized carbons (Fsp3) is 0.611. The topological polar surface area (TPSA) is 48.9 Å². The molecule has 1 aliphatic heterocycles. The van der Waals surface area contributed by atoms with Crippen LogP contribution in [0.5, 0.6) is 5.75 Å². The molecular weight excluding hydrogens is 288 g/mol. The van der Waals surface area contributed by atoms with Gasteiger partial charge in [-0.05, 0) is 37.9 Å². The van der Waals surface area contributed by atoms with Gasteiger partial charge in [0.15, 0.2) is 5.96 Å². The van der Waals surface area contributed by atoms with E-state index in [-0.39, 0.29) is 0 Å². The number of nitrogens with zero attached hydrogens (tertiary/aromatic N) is 2. The molecule has 1 heterocycles. The predicted octanol–water partition coefficient (Wildman–Crippen LogP) is 2.10. The summed E-state index contributed by atoms with van der Waals surface area (Å²) < 4.78 is 5.68. The van der Waals surface area contributed by atoms with Crippen LogP contribution in [0.15, 0.2) is 35.3 Å². The molecule has 0 aromatic heterocycles. The number of likely N-dealkylation sites (tertiary alicyclic amines) is 1. The predicted molar refractivity (Wildman–Crippen MR) is 96.2 cm³/mol. The molecule has 128 valence electrons. The summed E-state index contributed by atoms with van der Waals surface area (Å²) >= 11 is 0. The number of benzene rings is 1. The van der Waals surface area contributed by atoms with E-state index in [2.05, 4.69) is 27.4 Å². The Kier molecular flexibility index (Phi) is 7.73. The monoisotopic (exact) mass is 318 g/mol. The van der Waals surface area contributed by atoms with Crippen LogP contribution < -0.4 is 15.4 Å². The van der Waals surface area contributed by atoms with E-state index in [0.29, 0.717) is 12.6 Å². The maximum atomic E-state index is 5.68. The second-order valence-corrected chi connectivity index (χ2v) is 5.92. The van der Waals surface area contributed by atoms with Crippen molar-refractivity contribution in [3.05, 3.63) is 30.3 Å². The first kappa shape index (κ1) is 17.6. The number of aliphatic imine (C=N–C) groups is 1. The van der Waals surface area contributed by atoms with E-state index in [1.165, 1.54) is 38.9 Å². The van der Waals surface area contributed by atoms with Gasteiger partial charge in [-0.15, -0.1) is 0 Å². The molecule has 0 amide bonds. The largest absolute Gasteiger partial charge is 0.492 e. The Balaban J connectivity index is 1.62. The van der Waals surface area contributed by atoms with Crippen molar-refractivity contribution in [3.63, 3.8) is 0 Å².